The zero-order valence-electron chi connectivity index (χ0n) is 14.5. The van der Waals surface area contributed by atoms with Gasteiger partial charge >= 0.3 is 6.09 Å². The predicted molar refractivity (Wildman–Crippen MR) is 92.0 cm³/mol. The van der Waals surface area contributed by atoms with Gasteiger partial charge in [0.2, 0.25) is 0 Å². The molecule has 0 atom stereocenters. The van der Waals surface area contributed by atoms with Crippen molar-refractivity contribution in [2.24, 2.45) is 0 Å². The summed E-state index contributed by atoms with van der Waals surface area (Å²) in [5, 5.41) is 6.51. The van der Waals surface area contributed by atoms with Crippen LogP contribution in [0.5, 0.6) is 5.75 Å². The smallest absolute Gasteiger partial charge is 0.407 e. The number of methoxy groups -OCH3 is 1. The average Bonchev–Trinajstić information content (AvgIpc) is 2.48. The van der Waals surface area contributed by atoms with E-state index in [1.54, 1.807) is 7.11 Å². The third-order valence-electron chi connectivity index (χ3n) is 3.91. The molecule has 1 saturated carbocycles. The lowest BCUT2D eigenvalue weighted by Crippen LogP contribution is -2.42. The van der Waals surface area contributed by atoms with Crippen LogP contribution >= 0.6 is 0 Å². The highest BCUT2D eigenvalue weighted by molar-refractivity contribution is 5.68. The Balaban J connectivity index is 1.74. The van der Waals surface area contributed by atoms with Crippen LogP contribution in [0.25, 0.3) is 0 Å². The summed E-state index contributed by atoms with van der Waals surface area (Å²) in [5.41, 5.74) is 0.659. The molecule has 0 heterocycles. The minimum absolute atomic E-state index is 0.207. The number of amides is 1. The third-order valence-corrected chi connectivity index (χ3v) is 3.91. The van der Waals surface area contributed by atoms with Gasteiger partial charge in [-0.1, -0.05) is 0 Å². The summed E-state index contributed by atoms with van der Waals surface area (Å²) in [6.07, 6.45) is 3.68. The van der Waals surface area contributed by atoms with Crippen LogP contribution in [-0.2, 0) is 4.74 Å². The van der Waals surface area contributed by atoms with Crippen molar-refractivity contribution >= 4 is 11.8 Å². The van der Waals surface area contributed by atoms with Gasteiger partial charge in [0, 0.05) is 17.8 Å². The number of rotatable bonds is 4. The molecule has 0 radical (unpaired) electrons. The highest BCUT2D eigenvalue weighted by Gasteiger charge is 2.24. The molecule has 2 rings (SSSR count). The van der Waals surface area contributed by atoms with E-state index in [0.29, 0.717) is 6.04 Å². The van der Waals surface area contributed by atoms with Crippen molar-refractivity contribution in [1.29, 1.82) is 0 Å². The van der Waals surface area contributed by atoms with E-state index in [-0.39, 0.29) is 12.1 Å². The predicted octanol–water partition coefficient (Wildman–Crippen LogP) is 3.94. The first kappa shape index (κ1) is 17.4. The van der Waals surface area contributed by atoms with E-state index in [1.165, 1.54) is 0 Å². The Bertz CT molecular complexity index is 500. The van der Waals surface area contributed by atoms with E-state index in [9.17, 15) is 4.79 Å². The number of hydrogen-bond acceptors (Lipinski definition) is 4. The molecule has 1 aromatic rings. The number of carbonyl (C=O) groups is 1. The summed E-state index contributed by atoms with van der Waals surface area (Å²) in [6, 6.07) is 8.63. The molecule has 1 aliphatic rings. The molecule has 128 valence electrons. The molecule has 0 aliphatic heterocycles. The van der Waals surface area contributed by atoms with Gasteiger partial charge in [-0.15, -0.1) is 0 Å². The van der Waals surface area contributed by atoms with Gasteiger partial charge in [0.05, 0.1) is 7.11 Å². The normalized spacial score (nSPS) is 21.4. The first-order valence-corrected chi connectivity index (χ1v) is 8.26. The van der Waals surface area contributed by atoms with Crippen LogP contribution in [-0.4, -0.2) is 30.9 Å². The Hall–Kier alpha value is -1.91. The lowest BCUT2D eigenvalue weighted by Gasteiger charge is -2.31. The van der Waals surface area contributed by atoms with Crippen molar-refractivity contribution in [2.75, 3.05) is 12.4 Å². The zero-order chi connectivity index (χ0) is 16.9. The van der Waals surface area contributed by atoms with Gasteiger partial charge in [-0.2, -0.15) is 0 Å². The van der Waals surface area contributed by atoms with E-state index in [0.717, 1.165) is 37.1 Å². The Morgan fingerprint density at radius 3 is 2.13 bits per heavy atom. The van der Waals surface area contributed by atoms with Gasteiger partial charge < -0.3 is 20.1 Å². The quantitative estimate of drug-likeness (QED) is 0.882. The first-order valence-electron chi connectivity index (χ1n) is 8.26. The van der Waals surface area contributed by atoms with Crippen molar-refractivity contribution in [1.82, 2.24) is 5.32 Å². The number of benzene rings is 1. The lowest BCUT2D eigenvalue weighted by atomic mass is 9.91. The van der Waals surface area contributed by atoms with Gasteiger partial charge in [-0.05, 0) is 70.7 Å². The minimum atomic E-state index is -0.447. The fourth-order valence-electron chi connectivity index (χ4n) is 2.78. The van der Waals surface area contributed by atoms with Crippen LogP contribution in [0.2, 0.25) is 0 Å². The molecule has 1 fully saturated rings. The zero-order valence-corrected chi connectivity index (χ0v) is 14.5. The minimum Gasteiger partial charge on any atom is -0.497 e. The fraction of sp³-hybridized carbons (Fsp3) is 0.611. The molecular weight excluding hydrogens is 292 g/mol. The van der Waals surface area contributed by atoms with Crippen LogP contribution in [0, 0.1) is 0 Å². The maximum absolute atomic E-state index is 11.8. The molecule has 1 aliphatic carbocycles. The van der Waals surface area contributed by atoms with Gasteiger partial charge in [-0.3, -0.25) is 0 Å². The molecular formula is C18H28N2O3. The Labute approximate surface area is 138 Å². The Morgan fingerprint density at radius 1 is 1.04 bits per heavy atom. The molecule has 0 aromatic heterocycles. The maximum atomic E-state index is 11.8. The van der Waals surface area contributed by atoms with E-state index in [2.05, 4.69) is 10.6 Å². The summed E-state index contributed by atoms with van der Waals surface area (Å²) in [5.74, 6) is 0.862. The summed E-state index contributed by atoms with van der Waals surface area (Å²) in [4.78, 5) is 11.8. The van der Waals surface area contributed by atoms with Gasteiger partial charge in [0.1, 0.15) is 11.4 Å². The van der Waals surface area contributed by atoms with E-state index in [1.807, 2.05) is 45.0 Å². The molecule has 2 N–H and O–H groups in total. The van der Waals surface area contributed by atoms with E-state index < -0.39 is 5.60 Å². The second kappa shape index (κ2) is 7.57. The number of nitrogens with one attached hydrogen (secondary N) is 2. The molecule has 0 saturated heterocycles. The monoisotopic (exact) mass is 320 g/mol. The summed E-state index contributed by atoms with van der Waals surface area (Å²) in [7, 11) is 1.67. The van der Waals surface area contributed by atoms with Crippen molar-refractivity contribution in [3.05, 3.63) is 24.3 Å². The SMILES string of the molecule is COc1ccc(N[C@H]2CC[C@H](NC(=O)OC(C)(C)C)CC2)cc1. The van der Waals surface area contributed by atoms with Crippen LogP contribution in [0.1, 0.15) is 46.5 Å². The number of carbonyl (C=O) groups excluding carboxylic acids is 1. The van der Waals surface area contributed by atoms with Crippen molar-refractivity contribution in [3.63, 3.8) is 0 Å². The van der Waals surface area contributed by atoms with E-state index >= 15 is 0 Å². The fourth-order valence-corrected chi connectivity index (χ4v) is 2.78. The van der Waals surface area contributed by atoms with Gasteiger partial charge in [-0.25, -0.2) is 4.79 Å². The summed E-state index contributed by atoms with van der Waals surface area (Å²) >= 11 is 0. The second-order valence-corrected chi connectivity index (χ2v) is 7.07. The van der Waals surface area contributed by atoms with Crippen LogP contribution < -0.4 is 15.4 Å². The molecule has 0 spiro atoms. The van der Waals surface area contributed by atoms with E-state index in [4.69, 9.17) is 9.47 Å². The standard InChI is InChI=1S/C18H28N2O3/c1-18(2,3)23-17(21)20-15-7-5-13(6-8-15)19-14-9-11-16(22-4)12-10-14/h9-13,15,19H,5-8H2,1-4H3,(H,20,21)/t13-,15-. The third kappa shape index (κ3) is 6.00. The second-order valence-electron chi connectivity index (χ2n) is 7.07. The largest absolute Gasteiger partial charge is 0.497 e. The molecule has 1 amide bonds. The molecule has 23 heavy (non-hydrogen) atoms. The van der Waals surface area contributed by atoms with Crippen LogP contribution in [0.4, 0.5) is 10.5 Å². The average molecular weight is 320 g/mol. The van der Waals surface area contributed by atoms with Crippen LogP contribution in [0.15, 0.2) is 24.3 Å². The number of alkyl carbamates (subject to hydrolysis) is 1. The number of ether oxygens (including phenoxy) is 2. The van der Waals surface area contributed by atoms with Crippen LogP contribution in [0.3, 0.4) is 0 Å². The van der Waals surface area contributed by atoms with Gasteiger partial charge in [0.25, 0.3) is 0 Å². The maximum Gasteiger partial charge on any atom is 0.407 e. The van der Waals surface area contributed by atoms with Crippen molar-refractivity contribution < 1.29 is 14.3 Å². The highest BCUT2D eigenvalue weighted by atomic mass is 16.6. The lowest BCUT2D eigenvalue weighted by molar-refractivity contribution is 0.0492. The summed E-state index contributed by atoms with van der Waals surface area (Å²) < 4.78 is 10.5. The molecule has 0 bridgehead atoms. The molecule has 5 nitrogen and oxygen atoms in total. The molecule has 1 aromatic carbocycles. The summed E-state index contributed by atoms with van der Waals surface area (Å²) in [6.45, 7) is 5.63. The van der Waals surface area contributed by atoms with Gasteiger partial charge in [0.15, 0.2) is 0 Å². The highest BCUT2D eigenvalue weighted by Crippen LogP contribution is 2.24. The first-order chi connectivity index (χ1) is 10.9. The van der Waals surface area contributed by atoms with Crippen molar-refractivity contribution in [2.45, 2.75) is 64.1 Å². The molecule has 5 heteroatoms. The molecule has 0 unspecified atom stereocenters. The number of anilines is 1. The number of hydrogen-bond donors (Lipinski definition) is 2. The Kier molecular flexibility index (Phi) is 5.74. The Morgan fingerprint density at radius 2 is 1.61 bits per heavy atom. The van der Waals surface area contributed by atoms with Crippen molar-refractivity contribution in [3.8, 4) is 5.75 Å². The topological polar surface area (TPSA) is 59.6 Å².